The van der Waals surface area contributed by atoms with Crippen molar-refractivity contribution < 1.29 is 14.6 Å². The summed E-state index contributed by atoms with van der Waals surface area (Å²) >= 11 is 0. The van der Waals surface area contributed by atoms with Crippen molar-refractivity contribution in [3.63, 3.8) is 0 Å². The van der Waals surface area contributed by atoms with Gasteiger partial charge in [0.2, 0.25) is 0 Å². The van der Waals surface area contributed by atoms with Gasteiger partial charge >= 0.3 is 5.97 Å². The molecule has 0 saturated heterocycles. The molecule has 0 radical (unpaired) electrons. The van der Waals surface area contributed by atoms with Gasteiger partial charge in [-0.2, -0.15) is 0 Å². The Balaban J connectivity index is 2.18. The van der Waals surface area contributed by atoms with Gasteiger partial charge in [-0.25, -0.2) is 0 Å². The van der Waals surface area contributed by atoms with E-state index in [0.29, 0.717) is 6.54 Å². The maximum absolute atomic E-state index is 10.7. The Labute approximate surface area is 94.2 Å². The molecular formula is C12H15NO3. The Bertz CT molecular complexity index is 403. The summed E-state index contributed by atoms with van der Waals surface area (Å²) in [6.07, 6.45) is 1.01. The quantitative estimate of drug-likeness (QED) is 0.816. The molecule has 4 nitrogen and oxygen atoms in total. The Morgan fingerprint density at radius 3 is 3.12 bits per heavy atom. The molecule has 0 amide bonds. The maximum Gasteiger partial charge on any atom is 0.303 e. The van der Waals surface area contributed by atoms with Crippen LogP contribution in [0.1, 0.15) is 12.0 Å². The number of hydrogen-bond donors (Lipinski definition) is 2. The van der Waals surface area contributed by atoms with Crippen LogP contribution in [0.25, 0.3) is 0 Å². The molecule has 1 aliphatic rings. The Morgan fingerprint density at radius 1 is 1.62 bits per heavy atom. The number of hydrogen-bond acceptors (Lipinski definition) is 3. The predicted octanol–water partition coefficient (Wildman–Crippen LogP) is 1.75. The largest absolute Gasteiger partial charge is 0.495 e. The number of methoxy groups -OCH3 is 1. The molecule has 1 atom stereocenters. The Kier molecular flexibility index (Phi) is 2.99. The summed E-state index contributed by atoms with van der Waals surface area (Å²) in [5.74, 6) is 0.251. The topological polar surface area (TPSA) is 58.6 Å². The first-order chi connectivity index (χ1) is 7.70. The molecule has 4 heteroatoms. The van der Waals surface area contributed by atoms with Gasteiger partial charge in [-0.05, 0) is 24.0 Å². The molecular weight excluding hydrogens is 206 g/mol. The molecule has 0 spiro atoms. The Hall–Kier alpha value is -1.71. The standard InChI is InChI=1S/C12H15NO3/c1-16-10-4-2-3-9-5-8(6-11(14)15)7-13-12(9)10/h2-4,8,13H,5-7H2,1H3,(H,14,15). The van der Waals surface area contributed by atoms with Gasteiger partial charge in [-0.15, -0.1) is 0 Å². The van der Waals surface area contributed by atoms with Crippen LogP contribution in [0.2, 0.25) is 0 Å². The summed E-state index contributed by atoms with van der Waals surface area (Å²) in [5.41, 5.74) is 2.14. The number of carboxylic acids is 1. The molecule has 1 aromatic rings. The lowest BCUT2D eigenvalue weighted by Gasteiger charge is -2.26. The van der Waals surface area contributed by atoms with Crippen LogP contribution in [0.3, 0.4) is 0 Å². The molecule has 2 N–H and O–H groups in total. The lowest BCUT2D eigenvalue weighted by molar-refractivity contribution is -0.138. The van der Waals surface area contributed by atoms with Crippen molar-refractivity contribution in [3.05, 3.63) is 23.8 Å². The molecule has 1 unspecified atom stereocenters. The summed E-state index contributed by atoms with van der Waals surface area (Å²) in [4.78, 5) is 10.7. The SMILES string of the molecule is COc1cccc2c1NCC(CC(=O)O)C2. The number of benzene rings is 1. The minimum atomic E-state index is -0.738. The van der Waals surface area contributed by atoms with Gasteiger partial charge in [0, 0.05) is 6.54 Å². The molecule has 0 fully saturated rings. The van der Waals surface area contributed by atoms with Crippen LogP contribution in [-0.4, -0.2) is 24.7 Å². The third kappa shape index (κ3) is 2.10. The summed E-state index contributed by atoms with van der Waals surface area (Å²) in [6, 6.07) is 5.85. The highest BCUT2D eigenvalue weighted by atomic mass is 16.5. The van der Waals surface area contributed by atoms with Crippen LogP contribution in [-0.2, 0) is 11.2 Å². The van der Waals surface area contributed by atoms with E-state index >= 15 is 0 Å². The van der Waals surface area contributed by atoms with E-state index in [-0.39, 0.29) is 12.3 Å². The first-order valence-electron chi connectivity index (χ1n) is 5.32. The highest BCUT2D eigenvalue weighted by Gasteiger charge is 2.22. The number of ether oxygens (including phenoxy) is 1. The van der Waals surface area contributed by atoms with E-state index in [4.69, 9.17) is 9.84 Å². The van der Waals surface area contributed by atoms with Crippen molar-refractivity contribution >= 4 is 11.7 Å². The zero-order valence-corrected chi connectivity index (χ0v) is 9.19. The average molecular weight is 221 g/mol. The smallest absolute Gasteiger partial charge is 0.303 e. The molecule has 2 rings (SSSR count). The average Bonchev–Trinajstić information content (AvgIpc) is 2.27. The van der Waals surface area contributed by atoms with Crippen LogP contribution >= 0.6 is 0 Å². The summed E-state index contributed by atoms with van der Waals surface area (Å²) in [7, 11) is 1.64. The van der Waals surface area contributed by atoms with E-state index in [2.05, 4.69) is 5.32 Å². The van der Waals surface area contributed by atoms with Crippen molar-refractivity contribution in [2.45, 2.75) is 12.8 Å². The van der Waals surface area contributed by atoms with Gasteiger partial charge in [-0.1, -0.05) is 12.1 Å². The molecule has 1 aromatic carbocycles. The van der Waals surface area contributed by atoms with Crippen LogP contribution in [0.4, 0.5) is 5.69 Å². The van der Waals surface area contributed by atoms with E-state index in [0.717, 1.165) is 23.4 Å². The number of carbonyl (C=O) groups is 1. The molecule has 0 aromatic heterocycles. The fourth-order valence-electron chi connectivity index (χ4n) is 2.14. The monoisotopic (exact) mass is 221 g/mol. The van der Waals surface area contributed by atoms with Crippen molar-refractivity contribution in [2.24, 2.45) is 5.92 Å². The highest BCUT2D eigenvalue weighted by molar-refractivity contribution is 5.68. The number of aliphatic carboxylic acids is 1. The van der Waals surface area contributed by atoms with Gasteiger partial charge in [0.1, 0.15) is 5.75 Å². The van der Waals surface area contributed by atoms with Gasteiger partial charge in [0.15, 0.2) is 0 Å². The van der Waals surface area contributed by atoms with E-state index in [9.17, 15) is 4.79 Å². The summed E-state index contributed by atoms with van der Waals surface area (Å²) in [5, 5.41) is 12.0. The molecule has 1 aliphatic heterocycles. The summed E-state index contributed by atoms with van der Waals surface area (Å²) in [6.45, 7) is 0.694. The molecule has 0 bridgehead atoms. The number of para-hydroxylation sites is 1. The van der Waals surface area contributed by atoms with Crippen molar-refractivity contribution in [1.29, 1.82) is 0 Å². The zero-order valence-electron chi connectivity index (χ0n) is 9.19. The van der Waals surface area contributed by atoms with Crippen LogP contribution in [0.15, 0.2) is 18.2 Å². The number of rotatable bonds is 3. The number of nitrogens with one attached hydrogen (secondary N) is 1. The van der Waals surface area contributed by atoms with Crippen molar-refractivity contribution in [3.8, 4) is 5.75 Å². The number of anilines is 1. The minimum Gasteiger partial charge on any atom is -0.495 e. The van der Waals surface area contributed by atoms with Crippen LogP contribution in [0.5, 0.6) is 5.75 Å². The van der Waals surface area contributed by atoms with Gasteiger partial charge < -0.3 is 15.2 Å². The van der Waals surface area contributed by atoms with E-state index < -0.39 is 5.97 Å². The minimum absolute atomic E-state index is 0.164. The number of carboxylic acid groups (broad SMARTS) is 1. The summed E-state index contributed by atoms with van der Waals surface area (Å²) < 4.78 is 5.25. The third-order valence-electron chi connectivity index (χ3n) is 2.87. The molecule has 16 heavy (non-hydrogen) atoms. The number of fused-ring (bicyclic) bond motifs is 1. The second-order valence-electron chi connectivity index (χ2n) is 4.04. The fraction of sp³-hybridized carbons (Fsp3) is 0.417. The second kappa shape index (κ2) is 4.43. The van der Waals surface area contributed by atoms with Crippen LogP contribution < -0.4 is 10.1 Å². The van der Waals surface area contributed by atoms with Crippen molar-refractivity contribution in [2.75, 3.05) is 19.0 Å². The molecule has 0 aliphatic carbocycles. The van der Waals surface area contributed by atoms with Crippen molar-refractivity contribution in [1.82, 2.24) is 0 Å². The predicted molar refractivity (Wildman–Crippen MR) is 60.9 cm³/mol. The normalized spacial score (nSPS) is 18.4. The fourth-order valence-corrected chi connectivity index (χ4v) is 2.14. The molecule has 86 valence electrons. The lowest BCUT2D eigenvalue weighted by atomic mass is 9.91. The lowest BCUT2D eigenvalue weighted by Crippen LogP contribution is -2.25. The van der Waals surface area contributed by atoms with Crippen LogP contribution in [0, 0.1) is 5.92 Å². The third-order valence-corrected chi connectivity index (χ3v) is 2.87. The van der Waals surface area contributed by atoms with E-state index in [1.807, 2.05) is 18.2 Å². The molecule has 0 saturated carbocycles. The first-order valence-corrected chi connectivity index (χ1v) is 5.32. The first kappa shape index (κ1) is 10.8. The van der Waals surface area contributed by atoms with Gasteiger partial charge in [0.05, 0.1) is 19.2 Å². The molecule has 1 heterocycles. The van der Waals surface area contributed by atoms with Gasteiger partial charge in [-0.3, -0.25) is 4.79 Å². The highest BCUT2D eigenvalue weighted by Crippen LogP contribution is 2.33. The van der Waals surface area contributed by atoms with E-state index in [1.165, 1.54) is 0 Å². The zero-order chi connectivity index (χ0) is 11.5. The van der Waals surface area contributed by atoms with Gasteiger partial charge in [0.25, 0.3) is 0 Å². The second-order valence-corrected chi connectivity index (χ2v) is 4.04. The maximum atomic E-state index is 10.7. The Morgan fingerprint density at radius 2 is 2.44 bits per heavy atom. The van der Waals surface area contributed by atoms with E-state index in [1.54, 1.807) is 7.11 Å².